The Kier molecular flexibility index (Phi) is 4.17. The number of Topliss-reactive ketones (excluding diaryl/α,β-unsaturated/α-hetero) is 1. The number of hydrogen-bond donors (Lipinski definition) is 0. The summed E-state index contributed by atoms with van der Waals surface area (Å²) in [6, 6.07) is 2.05. The van der Waals surface area contributed by atoms with Crippen molar-refractivity contribution in [3.8, 4) is 0 Å². The Bertz CT molecular complexity index is 406. The molecule has 4 nitrogen and oxygen atoms in total. The summed E-state index contributed by atoms with van der Waals surface area (Å²) in [5, 5.41) is 4.20. The average molecular weight is 250 g/mol. The summed E-state index contributed by atoms with van der Waals surface area (Å²) in [5.74, 6) is 0.700. The number of carbonyl (C=O) groups excluding carboxylic acids is 1. The van der Waals surface area contributed by atoms with Gasteiger partial charge in [-0.1, -0.05) is 0 Å². The summed E-state index contributed by atoms with van der Waals surface area (Å²) < 4.78 is 7.32. The molecular formula is C14H22N2O2. The van der Waals surface area contributed by atoms with Gasteiger partial charge in [0.2, 0.25) is 0 Å². The van der Waals surface area contributed by atoms with Crippen molar-refractivity contribution in [2.45, 2.75) is 52.2 Å². The first-order valence-electron chi connectivity index (χ1n) is 6.80. The lowest BCUT2D eigenvalue weighted by Crippen LogP contribution is -2.33. The topological polar surface area (TPSA) is 44.1 Å². The molecular weight excluding hydrogens is 228 g/mol. The molecule has 0 amide bonds. The minimum Gasteiger partial charge on any atom is -0.378 e. The minimum atomic E-state index is 0.209. The van der Waals surface area contributed by atoms with Crippen LogP contribution in [-0.4, -0.2) is 28.3 Å². The van der Waals surface area contributed by atoms with E-state index in [-0.39, 0.29) is 11.8 Å². The quantitative estimate of drug-likeness (QED) is 0.729. The number of rotatable bonds is 6. The Morgan fingerprint density at radius 3 is 2.89 bits per heavy atom. The highest BCUT2D eigenvalue weighted by Crippen LogP contribution is 2.33. The molecule has 0 radical (unpaired) electrons. The molecule has 0 N–H and O–H groups in total. The van der Waals surface area contributed by atoms with Gasteiger partial charge in [-0.3, -0.25) is 9.48 Å². The maximum absolute atomic E-state index is 12.2. The van der Waals surface area contributed by atoms with Gasteiger partial charge in [-0.2, -0.15) is 5.10 Å². The molecule has 0 saturated heterocycles. The van der Waals surface area contributed by atoms with E-state index in [2.05, 4.69) is 5.10 Å². The number of ketones is 1. The summed E-state index contributed by atoms with van der Waals surface area (Å²) in [5.41, 5.74) is 0.741. The normalized spacial score (nSPS) is 23.1. The molecule has 2 rings (SSSR count). The summed E-state index contributed by atoms with van der Waals surface area (Å²) in [4.78, 5) is 12.2. The number of ether oxygens (including phenoxy) is 1. The van der Waals surface area contributed by atoms with E-state index in [0.29, 0.717) is 18.4 Å². The summed E-state index contributed by atoms with van der Waals surface area (Å²) >= 11 is 0. The van der Waals surface area contributed by atoms with Crippen LogP contribution in [0.4, 0.5) is 0 Å². The van der Waals surface area contributed by atoms with Gasteiger partial charge in [0, 0.05) is 25.3 Å². The summed E-state index contributed by atoms with van der Waals surface area (Å²) in [6.07, 6.45) is 4.76. The molecule has 1 aromatic heterocycles. The Balaban J connectivity index is 1.87. The van der Waals surface area contributed by atoms with E-state index in [4.69, 9.17) is 4.74 Å². The number of aromatic nitrogens is 2. The van der Waals surface area contributed by atoms with Crippen LogP contribution in [0.3, 0.4) is 0 Å². The molecule has 1 aliphatic rings. The maximum atomic E-state index is 12.2. The lowest BCUT2D eigenvalue weighted by Gasteiger charge is -2.34. The smallest absolute Gasteiger partial charge is 0.181 e. The first-order valence-corrected chi connectivity index (χ1v) is 6.80. The van der Waals surface area contributed by atoms with Crippen LogP contribution in [0, 0.1) is 5.92 Å². The van der Waals surface area contributed by atoms with Gasteiger partial charge in [-0.25, -0.2) is 0 Å². The maximum Gasteiger partial charge on any atom is 0.181 e. The van der Waals surface area contributed by atoms with Gasteiger partial charge < -0.3 is 4.74 Å². The highest BCUT2D eigenvalue weighted by Gasteiger charge is 2.31. The predicted octanol–water partition coefficient (Wildman–Crippen LogP) is 2.85. The number of hydrogen-bond acceptors (Lipinski definition) is 3. The zero-order chi connectivity index (χ0) is 13.1. The molecule has 1 saturated carbocycles. The van der Waals surface area contributed by atoms with Crippen LogP contribution in [0.15, 0.2) is 12.3 Å². The van der Waals surface area contributed by atoms with Gasteiger partial charge in [-0.05, 0) is 45.6 Å². The van der Waals surface area contributed by atoms with Crippen molar-refractivity contribution in [2.24, 2.45) is 5.92 Å². The van der Waals surface area contributed by atoms with Crippen molar-refractivity contribution in [3.05, 3.63) is 18.0 Å². The van der Waals surface area contributed by atoms with E-state index < -0.39 is 0 Å². The average Bonchev–Trinajstić information content (AvgIpc) is 2.75. The van der Waals surface area contributed by atoms with Crippen molar-refractivity contribution in [2.75, 3.05) is 6.61 Å². The summed E-state index contributed by atoms with van der Waals surface area (Å²) in [7, 11) is 0. The molecule has 4 heteroatoms. The largest absolute Gasteiger partial charge is 0.378 e. The fourth-order valence-electron chi connectivity index (χ4n) is 2.53. The Morgan fingerprint density at radius 2 is 2.28 bits per heavy atom. The van der Waals surface area contributed by atoms with E-state index in [1.165, 1.54) is 0 Å². The Hall–Kier alpha value is -1.16. The van der Waals surface area contributed by atoms with E-state index in [0.717, 1.165) is 25.1 Å². The van der Waals surface area contributed by atoms with E-state index in [9.17, 15) is 4.79 Å². The van der Waals surface area contributed by atoms with Gasteiger partial charge in [0.05, 0.1) is 6.10 Å². The molecule has 0 aliphatic heterocycles. The minimum absolute atomic E-state index is 0.209. The van der Waals surface area contributed by atoms with Gasteiger partial charge in [-0.15, -0.1) is 0 Å². The Labute approximate surface area is 108 Å². The zero-order valence-electron chi connectivity index (χ0n) is 11.4. The number of nitrogens with zero attached hydrogens (tertiary/aromatic N) is 2. The van der Waals surface area contributed by atoms with Gasteiger partial charge in [0.15, 0.2) is 5.78 Å². The fraction of sp³-hybridized carbons (Fsp3) is 0.714. The molecule has 0 spiro atoms. The third-order valence-corrected chi connectivity index (χ3v) is 3.51. The fourth-order valence-corrected chi connectivity index (χ4v) is 2.53. The van der Waals surface area contributed by atoms with Crippen molar-refractivity contribution in [1.82, 2.24) is 9.78 Å². The van der Waals surface area contributed by atoms with Gasteiger partial charge in [0.1, 0.15) is 5.69 Å². The third kappa shape index (κ3) is 2.80. The SMILES string of the molecule is CCOC1CC(CC(=O)c2ccnn2C(C)C)C1. The first kappa shape index (κ1) is 13.3. The van der Waals surface area contributed by atoms with E-state index in [1.807, 2.05) is 26.8 Å². The lowest BCUT2D eigenvalue weighted by atomic mass is 9.78. The van der Waals surface area contributed by atoms with Crippen LogP contribution < -0.4 is 0 Å². The molecule has 1 aliphatic carbocycles. The third-order valence-electron chi connectivity index (χ3n) is 3.51. The molecule has 0 unspecified atom stereocenters. The van der Waals surface area contributed by atoms with E-state index in [1.54, 1.807) is 10.9 Å². The van der Waals surface area contributed by atoms with Crippen molar-refractivity contribution >= 4 is 5.78 Å². The second-order valence-electron chi connectivity index (χ2n) is 5.30. The van der Waals surface area contributed by atoms with Crippen LogP contribution in [0.1, 0.15) is 56.6 Å². The van der Waals surface area contributed by atoms with Crippen LogP contribution in [-0.2, 0) is 4.74 Å². The van der Waals surface area contributed by atoms with Crippen LogP contribution in [0.25, 0.3) is 0 Å². The standard InChI is InChI=1S/C14H22N2O2/c1-4-18-12-7-11(8-12)9-14(17)13-5-6-15-16(13)10(2)3/h5-6,10-12H,4,7-9H2,1-3H3. The predicted molar refractivity (Wildman–Crippen MR) is 69.7 cm³/mol. The van der Waals surface area contributed by atoms with Crippen LogP contribution >= 0.6 is 0 Å². The molecule has 0 atom stereocenters. The second kappa shape index (κ2) is 5.65. The second-order valence-corrected chi connectivity index (χ2v) is 5.30. The summed E-state index contributed by atoms with van der Waals surface area (Å²) in [6.45, 7) is 6.86. The highest BCUT2D eigenvalue weighted by molar-refractivity contribution is 5.94. The highest BCUT2D eigenvalue weighted by atomic mass is 16.5. The molecule has 0 aromatic carbocycles. The molecule has 1 fully saturated rings. The van der Waals surface area contributed by atoms with Crippen LogP contribution in [0.2, 0.25) is 0 Å². The van der Waals surface area contributed by atoms with Crippen molar-refractivity contribution in [1.29, 1.82) is 0 Å². The Morgan fingerprint density at radius 1 is 1.56 bits per heavy atom. The molecule has 18 heavy (non-hydrogen) atoms. The van der Waals surface area contributed by atoms with E-state index >= 15 is 0 Å². The van der Waals surface area contributed by atoms with Crippen molar-refractivity contribution < 1.29 is 9.53 Å². The molecule has 1 heterocycles. The molecule has 0 bridgehead atoms. The molecule has 1 aromatic rings. The first-order chi connectivity index (χ1) is 8.61. The number of carbonyl (C=O) groups is 1. The van der Waals surface area contributed by atoms with Crippen LogP contribution in [0.5, 0.6) is 0 Å². The van der Waals surface area contributed by atoms with Gasteiger partial charge >= 0.3 is 0 Å². The lowest BCUT2D eigenvalue weighted by molar-refractivity contribution is -0.0246. The van der Waals surface area contributed by atoms with Crippen molar-refractivity contribution in [3.63, 3.8) is 0 Å². The monoisotopic (exact) mass is 250 g/mol. The molecule has 100 valence electrons. The van der Waals surface area contributed by atoms with Gasteiger partial charge in [0.25, 0.3) is 0 Å². The zero-order valence-corrected chi connectivity index (χ0v) is 11.4.